The van der Waals surface area contributed by atoms with Crippen LogP contribution in [-0.4, -0.2) is 52.8 Å². The third-order valence-corrected chi connectivity index (χ3v) is 6.96. The second-order valence-corrected chi connectivity index (χ2v) is 9.48. The third-order valence-electron chi connectivity index (χ3n) is 6.96. The molecular weight excluding hydrogens is 478 g/mol. The van der Waals surface area contributed by atoms with Gasteiger partial charge in [-0.1, -0.05) is 11.8 Å². The Hall–Kier alpha value is -3.54. The summed E-state index contributed by atoms with van der Waals surface area (Å²) < 4.78 is 32.1. The van der Waals surface area contributed by atoms with Crippen LogP contribution in [0.25, 0.3) is 10.9 Å². The van der Waals surface area contributed by atoms with Crippen LogP contribution in [-0.2, 0) is 4.79 Å². The Bertz CT molecular complexity index is 1300. The molecule has 1 saturated heterocycles. The first-order chi connectivity index (χ1) is 17.8. The number of likely N-dealkylation sites (tertiary alicyclic amines) is 1. The van der Waals surface area contributed by atoms with Gasteiger partial charge in [0, 0.05) is 36.2 Å². The normalized spacial score (nSPS) is 18.7. The standard InChI is InChI=1S/C29H30F2N2O4/c1-37-24-5-6-27-26(17-24)25(8-10-32-27)28(34)7-4-20-9-12-33(18-21(20)15-29(35)36)11-2-3-19-13-22(30)16-23(31)14-19/h5-6,8,10,13-14,16-17,20-21,28,34H,4,7,9,11-12,15,18H2,1H3,(H,35,36)/t20-,21+,28-/m1/s1. The topological polar surface area (TPSA) is 82.9 Å². The van der Waals surface area contributed by atoms with E-state index in [0.29, 0.717) is 31.7 Å². The van der Waals surface area contributed by atoms with Crippen molar-refractivity contribution in [1.29, 1.82) is 0 Å². The lowest BCUT2D eigenvalue weighted by atomic mass is 9.79. The van der Waals surface area contributed by atoms with E-state index in [1.807, 2.05) is 24.3 Å². The number of pyridine rings is 1. The fourth-order valence-corrected chi connectivity index (χ4v) is 5.11. The molecule has 0 saturated carbocycles. The summed E-state index contributed by atoms with van der Waals surface area (Å²) in [5.41, 5.74) is 1.82. The number of aliphatic hydroxyl groups is 1. The molecule has 3 aromatic rings. The molecule has 1 fully saturated rings. The van der Waals surface area contributed by atoms with Crippen molar-refractivity contribution in [3.8, 4) is 17.6 Å². The van der Waals surface area contributed by atoms with Crippen molar-refractivity contribution in [2.45, 2.75) is 31.8 Å². The zero-order valence-electron chi connectivity index (χ0n) is 20.7. The van der Waals surface area contributed by atoms with Gasteiger partial charge in [-0.15, -0.1) is 0 Å². The highest BCUT2D eigenvalue weighted by molar-refractivity contribution is 5.83. The molecule has 0 radical (unpaired) electrons. The number of aromatic nitrogens is 1. The second-order valence-electron chi connectivity index (χ2n) is 9.48. The van der Waals surface area contributed by atoms with Crippen molar-refractivity contribution < 1.29 is 28.5 Å². The van der Waals surface area contributed by atoms with E-state index in [-0.39, 0.29) is 23.8 Å². The molecule has 37 heavy (non-hydrogen) atoms. The van der Waals surface area contributed by atoms with Crippen LogP contribution in [0, 0.1) is 35.3 Å². The van der Waals surface area contributed by atoms with Crippen LogP contribution in [0.15, 0.2) is 48.7 Å². The number of aliphatic hydroxyl groups excluding tert-OH is 1. The van der Waals surface area contributed by atoms with Gasteiger partial charge in [0.1, 0.15) is 17.4 Å². The quantitative estimate of drug-likeness (QED) is 0.426. The first-order valence-electron chi connectivity index (χ1n) is 12.3. The van der Waals surface area contributed by atoms with Crippen molar-refractivity contribution >= 4 is 16.9 Å². The van der Waals surface area contributed by atoms with Gasteiger partial charge in [0.25, 0.3) is 0 Å². The zero-order valence-corrected chi connectivity index (χ0v) is 20.7. The van der Waals surface area contributed by atoms with E-state index >= 15 is 0 Å². The molecule has 8 heteroatoms. The number of benzene rings is 2. The maximum absolute atomic E-state index is 13.4. The Morgan fingerprint density at radius 2 is 1.97 bits per heavy atom. The van der Waals surface area contributed by atoms with Gasteiger partial charge in [-0.2, -0.15) is 0 Å². The maximum Gasteiger partial charge on any atom is 0.303 e. The highest BCUT2D eigenvalue weighted by Crippen LogP contribution is 2.34. The lowest BCUT2D eigenvalue weighted by molar-refractivity contribution is -0.139. The number of rotatable bonds is 8. The van der Waals surface area contributed by atoms with Crippen molar-refractivity contribution in [1.82, 2.24) is 9.88 Å². The van der Waals surface area contributed by atoms with Crippen molar-refractivity contribution in [2.24, 2.45) is 11.8 Å². The maximum atomic E-state index is 13.4. The summed E-state index contributed by atoms with van der Waals surface area (Å²) in [6, 6.07) is 10.5. The van der Waals surface area contributed by atoms with Gasteiger partial charge in [-0.25, -0.2) is 8.78 Å². The van der Waals surface area contributed by atoms with Gasteiger partial charge >= 0.3 is 5.97 Å². The Morgan fingerprint density at radius 1 is 1.19 bits per heavy atom. The molecule has 0 aliphatic carbocycles. The largest absolute Gasteiger partial charge is 0.497 e. The summed E-state index contributed by atoms with van der Waals surface area (Å²) in [6.07, 6.45) is 2.98. The van der Waals surface area contributed by atoms with Crippen molar-refractivity contribution in [3.05, 3.63) is 71.4 Å². The summed E-state index contributed by atoms with van der Waals surface area (Å²) in [7, 11) is 1.59. The SMILES string of the molecule is COc1ccc2nccc([C@H](O)CC[C@@H]3CCN(CC#Cc4cc(F)cc(F)c4)C[C@@H]3CC(=O)O)c2c1. The summed E-state index contributed by atoms with van der Waals surface area (Å²) in [5.74, 6) is 4.29. The number of piperidine rings is 1. The molecule has 6 nitrogen and oxygen atoms in total. The summed E-state index contributed by atoms with van der Waals surface area (Å²) in [5, 5.41) is 21.3. The highest BCUT2D eigenvalue weighted by Gasteiger charge is 2.31. The number of carboxylic acid groups (broad SMARTS) is 1. The third kappa shape index (κ3) is 7.03. The molecule has 4 rings (SSSR count). The fraction of sp³-hybridized carbons (Fsp3) is 0.379. The van der Waals surface area contributed by atoms with Gasteiger partial charge in [0.05, 0.1) is 25.3 Å². The average molecular weight is 509 g/mol. The monoisotopic (exact) mass is 508 g/mol. The molecule has 2 N–H and O–H groups in total. The van der Waals surface area contributed by atoms with Crippen molar-refractivity contribution in [3.63, 3.8) is 0 Å². The minimum absolute atomic E-state index is 0.0369. The Balaban J connectivity index is 1.39. The molecule has 1 aliphatic rings. The molecule has 0 bridgehead atoms. The van der Waals surface area contributed by atoms with E-state index in [1.165, 1.54) is 12.1 Å². The van der Waals surface area contributed by atoms with E-state index in [0.717, 1.165) is 35.5 Å². The van der Waals surface area contributed by atoms with E-state index in [2.05, 4.69) is 21.7 Å². The van der Waals surface area contributed by atoms with E-state index in [9.17, 15) is 23.8 Å². The summed E-state index contributed by atoms with van der Waals surface area (Å²) in [6.45, 7) is 1.68. The molecule has 1 aliphatic heterocycles. The molecule has 2 heterocycles. The minimum Gasteiger partial charge on any atom is -0.497 e. The second kappa shape index (κ2) is 12.1. The van der Waals surface area contributed by atoms with Gasteiger partial charge in [0.15, 0.2) is 0 Å². The number of aliphatic carboxylic acids is 1. The number of halogens is 2. The Kier molecular flexibility index (Phi) is 8.70. The van der Waals surface area contributed by atoms with Crippen LogP contribution < -0.4 is 4.74 Å². The van der Waals surface area contributed by atoms with Gasteiger partial charge in [-0.05, 0) is 79.6 Å². The van der Waals surface area contributed by atoms with E-state index in [1.54, 1.807) is 13.3 Å². The van der Waals surface area contributed by atoms with Crippen LogP contribution in [0.2, 0.25) is 0 Å². The van der Waals surface area contributed by atoms with E-state index in [4.69, 9.17) is 4.74 Å². The number of hydrogen-bond acceptors (Lipinski definition) is 5. The van der Waals surface area contributed by atoms with Gasteiger partial charge in [-0.3, -0.25) is 14.7 Å². The number of carbonyl (C=O) groups is 1. The minimum atomic E-state index is -0.856. The molecule has 3 atom stereocenters. The number of carboxylic acids is 1. The van der Waals surface area contributed by atoms with Crippen LogP contribution in [0.4, 0.5) is 8.78 Å². The fourth-order valence-electron chi connectivity index (χ4n) is 5.11. The molecular formula is C29H30F2N2O4. The van der Waals surface area contributed by atoms with Crippen molar-refractivity contribution in [2.75, 3.05) is 26.7 Å². The molecule has 1 aromatic heterocycles. The van der Waals surface area contributed by atoms with Crippen LogP contribution in [0.1, 0.15) is 42.9 Å². The molecule has 194 valence electrons. The number of methoxy groups -OCH3 is 1. The summed E-state index contributed by atoms with van der Waals surface area (Å²) in [4.78, 5) is 18.0. The predicted molar refractivity (Wildman–Crippen MR) is 136 cm³/mol. The van der Waals surface area contributed by atoms with E-state index < -0.39 is 23.7 Å². The predicted octanol–water partition coefficient (Wildman–Crippen LogP) is 4.80. The summed E-state index contributed by atoms with van der Waals surface area (Å²) >= 11 is 0. The first kappa shape index (κ1) is 26.5. The first-order valence-corrected chi connectivity index (χ1v) is 12.3. The average Bonchev–Trinajstić information content (AvgIpc) is 2.86. The van der Waals surface area contributed by atoms with Gasteiger partial charge in [0.2, 0.25) is 0 Å². The Labute approximate surface area is 214 Å². The zero-order chi connectivity index (χ0) is 26.4. The number of ether oxygens (including phenoxy) is 1. The molecule has 0 spiro atoms. The number of hydrogen-bond donors (Lipinski definition) is 2. The lowest BCUT2D eigenvalue weighted by Gasteiger charge is -2.37. The molecule has 2 aromatic carbocycles. The molecule has 0 unspecified atom stereocenters. The number of nitrogens with zero attached hydrogens (tertiary/aromatic N) is 2. The van der Waals surface area contributed by atoms with Crippen LogP contribution in [0.5, 0.6) is 5.75 Å². The van der Waals surface area contributed by atoms with Crippen LogP contribution in [0.3, 0.4) is 0 Å². The van der Waals surface area contributed by atoms with Gasteiger partial charge < -0.3 is 14.9 Å². The smallest absolute Gasteiger partial charge is 0.303 e. The Morgan fingerprint density at radius 3 is 2.70 bits per heavy atom. The number of fused-ring (bicyclic) bond motifs is 1. The molecule has 0 amide bonds. The highest BCUT2D eigenvalue weighted by atomic mass is 19.1. The van der Waals surface area contributed by atoms with Crippen LogP contribution >= 0.6 is 0 Å². The lowest BCUT2D eigenvalue weighted by Crippen LogP contribution is -2.41.